The molecule has 4 nitrogen and oxygen atoms in total. The lowest BCUT2D eigenvalue weighted by atomic mass is 10.2. The van der Waals surface area contributed by atoms with Gasteiger partial charge in [0.25, 0.3) is 0 Å². The van der Waals surface area contributed by atoms with E-state index in [0.29, 0.717) is 6.61 Å². The molecular formula is C10H18O4S. The van der Waals surface area contributed by atoms with Crippen LogP contribution >= 0.6 is 11.8 Å². The number of carbonyl (C=O) groups excluding carboxylic acids is 2. The Balaban J connectivity index is 3.73. The Kier molecular flexibility index (Phi) is 8.18. The van der Waals surface area contributed by atoms with Crippen LogP contribution in [0.15, 0.2) is 0 Å². The van der Waals surface area contributed by atoms with Crippen LogP contribution < -0.4 is 0 Å². The molecule has 0 aromatic heterocycles. The Labute approximate surface area is 94.7 Å². The first-order valence-electron chi connectivity index (χ1n) is 5.04. The van der Waals surface area contributed by atoms with Crippen LogP contribution in [0.3, 0.4) is 0 Å². The Morgan fingerprint density at radius 3 is 2.33 bits per heavy atom. The van der Waals surface area contributed by atoms with E-state index in [0.717, 1.165) is 11.5 Å². The molecule has 0 aromatic rings. The average molecular weight is 234 g/mol. The summed E-state index contributed by atoms with van der Waals surface area (Å²) in [5.74, 6) is -0.102. The molecule has 0 saturated carbocycles. The van der Waals surface area contributed by atoms with Crippen molar-refractivity contribution in [1.29, 1.82) is 0 Å². The van der Waals surface area contributed by atoms with E-state index < -0.39 is 17.9 Å². The van der Waals surface area contributed by atoms with Crippen LogP contribution in [0.5, 0.6) is 0 Å². The minimum Gasteiger partial charge on any atom is -0.465 e. The zero-order chi connectivity index (χ0) is 11.7. The molecule has 0 N–H and O–H groups in total. The fourth-order valence-corrected chi connectivity index (χ4v) is 1.32. The number of ether oxygens (including phenoxy) is 2. The van der Waals surface area contributed by atoms with Crippen molar-refractivity contribution >= 4 is 23.7 Å². The first-order chi connectivity index (χ1) is 7.13. The van der Waals surface area contributed by atoms with Crippen LogP contribution in [0, 0.1) is 5.92 Å². The Bertz CT molecular complexity index is 206. The highest BCUT2D eigenvalue weighted by molar-refractivity contribution is 7.99. The van der Waals surface area contributed by atoms with Gasteiger partial charge < -0.3 is 9.47 Å². The van der Waals surface area contributed by atoms with Gasteiger partial charge >= 0.3 is 11.9 Å². The molecule has 1 unspecified atom stereocenters. The lowest BCUT2D eigenvalue weighted by Gasteiger charge is -2.10. The lowest BCUT2D eigenvalue weighted by molar-refractivity contribution is -0.160. The summed E-state index contributed by atoms with van der Waals surface area (Å²) in [6.07, 6.45) is 0. The molecule has 0 aliphatic carbocycles. The van der Waals surface area contributed by atoms with E-state index in [1.165, 1.54) is 6.92 Å². The molecule has 88 valence electrons. The molecule has 0 saturated heterocycles. The van der Waals surface area contributed by atoms with Gasteiger partial charge in [-0.05, 0) is 19.6 Å². The maximum absolute atomic E-state index is 11.3. The molecule has 5 heteroatoms. The normalized spacial score (nSPS) is 11.9. The fourth-order valence-electron chi connectivity index (χ4n) is 0.834. The van der Waals surface area contributed by atoms with Crippen molar-refractivity contribution in [1.82, 2.24) is 0 Å². The second-order valence-electron chi connectivity index (χ2n) is 2.84. The highest BCUT2D eigenvalue weighted by Gasteiger charge is 2.23. The largest absolute Gasteiger partial charge is 0.465 e. The monoisotopic (exact) mass is 234 g/mol. The van der Waals surface area contributed by atoms with Crippen LogP contribution in [-0.4, -0.2) is 36.7 Å². The fraction of sp³-hybridized carbons (Fsp3) is 0.800. The van der Waals surface area contributed by atoms with Gasteiger partial charge in [0.1, 0.15) is 6.61 Å². The summed E-state index contributed by atoms with van der Waals surface area (Å²) in [6.45, 7) is 5.86. The third kappa shape index (κ3) is 6.38. The van der Waals surface area contributed by atoms with E-state index in [1.54, 1.807) is 18.7 Å². The van der Waals surface area contributed by atoms with E-state index in [9.17, 15) is 9.59 Å². The van der Waals surface area contributed by atoms with Gasteiger partial charge in [0.05, 0.1) is 6.61 Å². The van der Waals surface area contributed by atoms with Crippen LogP contribution in [-0.2, 0) is 19.1 Å². The maximum Gasteiger partial charge on any atom is 0.320 e. The molecular weight excluding hydrogens is 216 g/mol. The van der Waals surface area contributed by atoms with Crippen LogP contribution in [0.25, 0.3) is 0 Å². The average Bonchev–Trinajstić information content (AvgIpc) is 2.23. The lowest BCUT2D eigenvalue weighted by Crippen LogP contribution is -2.25. The third-order valence-electron chi connectivity index (χ3n) is 1.67. The first-order valence-corrected chi connectivity index (χ1v) is 6.19. The minimum atomic E-state index is -0.823. The summed E-state index contributed by atoms with van der Waals surface area (Å²) in [4.78, 5) is 22.4. The molecule has 0 aromatic carbocycles. The van der Waals surface area contributed by atoms with Gasteiger partial charge in [-0.1, -0.05) is 6.92 Å². The van der Waals surface area contributed by atoms with E-state index >= 15 is 0 Å². The second-order valence-corrected chi connectivity index (χ2v) is 4.23. The van der Waals surface area contributed by atoms with E-state index in [-0.39, 0.29) is 6.61 Å². The quantitative estimate of drug-likeness (QED) is 0.379. The number of thioether (sulfide) groups is 1. The van der Waals surface area contributed by atoms with Gasteiger partial charge in [0.2, 0.25) is 0 Å². The number of rotatable bonds is 7. The van der Waals surface area contributed by atoms with Crippen LogP contribution in [0.4, 0.5) is 0 Å². The number of esters is 2. The predicted molar refractivity (Wildman–Crippen MR) is 59.8 cm³/mol. The van der Waals surface area contributed by atoms with Crippen molar-refractivity contribution in [2.75, 3.05) is 24.7 Å². The van der Waals surface area contributed by atoms with Gasteiger partial charge in [-0.3, -0.25) is 9.59 Å². The number of carbonyl (C=O) groups is 2. The molecule has 0 radical (unpaired) electrons. The standard InChI is InChI=1S/C10H18O4S/c1-4-13-9(11)8(3)10(12)14-6-7-15-5-2/h8H,4-7H2,1-3H3. The maximum atomic E-state index is 11.3. The van der Waals surface area contributed by atoms with Crippen molar-refractivity contribution in [2.24, 2.45) is 5.92 Å². The molecule has 0 amide bonds. The topological polar surface area (TPSA) is 52.6 Å². The SMILES string of the molecule is CCOC(=O)C(C)C(=O)OCCSCC. The molecule has 0 fully saturated rings. The van der Waals surface area contributed by atoms with Gasteiger partial charge in [0, 0.05) is 5.75 Å². The van der Waals surface area contributed by atoms with Gasteiger partial charge in [-0.2, -0.15) is 11.8 Å². The number of hydrogen-bond donors (Lipinski definition) is 0. The second kappa shape index (κ2) is 8.59. The van der Waals surface area contributed by atoms with Crippen molar-refractivity contribution in [3.8, 4) is 0 Å². The van der Waals surface area contributed by atoms with Crippen LogP contribution in [0.2, 0.25) is 0 Å². The third-order valence-corrected chi connectivity index (χ3v) is 2.53. The molecule has 1 atom stereocenters. The molecule has 15 heavy (non-hydrogen) atoms. The molecule has 0 heterocycles. The minimum absolute atomic E-state index is 0.280. The summed E-state index contributed by atoms with van der Waals surface area (Å²) in [5.41, 5.74) is 0. The van der Waals surface area contributed by atoms with Gasteiger partial charge in [-0.15, -0.1) is 0 Å². The van der Waals surface area contributed by atoms with Crippen molar-refractivity contribution in [3.63, 3.8) is 0 Å². The molecule has 0 aliphatic heterocycles. The highest BCUT2D eigenvalue weighted by atomic mass is 32.2. The predicted octanol–water partition coefficient (Wildman–Crippen LogP) is 1.48. The summed E-state index contributed by atoms with van der Waals surface area (Å²) in [7, 11) is 0. The first kappa shape index (κ1) is 14.3. The Hall–Kier alpha value is -0.710. The van der Waals surface area contributed by atoms with Crippen molar-refractivity contribution in [2.45, 2.75) is 20.8 Å². The summed E-state index contributed by atoms with van der Waals surface area (Å²) in [5, 5.41) is 0. The molecule has 0 rings (SSSR count). The molecule has 0 bridgehead atoms. The summed E-state index contributed by atoms with van der Waals surface area (Å²) in [6, 6.07) is 0. The van der Waals surface area contributed by atoms with E-state index in [2.05, 4.69) is 0 Å². The van der Waals surface area contributed by atoms with Gasteiger partial charge in [-0.25, -0.2) is 0 Å². The van der Waals surface area contributed by atoms with Gasteiger partial charge in [0.15, 0.2) is 5.92 Å². The van der Waals surface area contributed by atoms with Crippen molar-refractivity contribution < 1.29 is 19.1 Å². The Morgan fingerprint density at radius 2 is 1.80 bits per heavy atom. The van der Waals surface area contributed by atoms with E-state index in [1.807, 2.05) is 6.92 Å². The summed E-state index contributed by atoms with van der Waals surface area (Å²) < 4.78 is 9.62. The molecule has 0 aliphatic rings. The van der Waals surface area contributed by atoms with Crippen LogP contribution in [0.1, 0.15) is 20.8 Å². The van der Waals surface area contributed by atoms with E-state index in [4.69, 9.17) is 9.47 Å². The summed E-state index contributed by atoms with van der Waals surface area (Å²) >= 11 is 1.69. The highest BCUT2D eigenvalue weighted by Crippen LogP contribution is 2.03. The number of hydrogen-bond acceptors (Lipinski definition) is 5. The Morgan fingerprint density at radius 1 is 1.20 bits per heavy atom. The smallest absolute Gasteiger partial charge is 0.320 e. The zero-order valence-electron chi connectivity index (χ0n) is 9.45. The zero-order valence-corrected chi connectivity index (χ0v) is 10.3. The van der Waals surface area contributed by atoms with Crippen molar-refractivity contribution in [3.05, 3.63) is 0 Å². The molecule has 0 spiro atoms.